The Morgan fingerprint density at radius 3 is 2.88 bits per heavy atom. The molecule has 0 bridgehead atoms. The van der Waals surface area contributed by atoms with E-state index in [0.717, 1.165) is 11.5 Å². The summed E-state index contributed by atoms with van der Waals surface area (Å²) in [5, 5.41) is 7.91. The highest BCUT2D eigenvalue weighted by Crippen LogP contribution is 2.27. The maximum absolute atomic E-state index is 13.6. The van der Waals surface area contributed by atoms with E-state index < -0.39 is 5.82 Å². The molecule has 17 heavy (non-hydrogen) atoms. The lowest BCUT2D eigenvalue weighted by molar-refractivity contribution is 0.321. The molecular formula is C10H11FN4OS. The van der Waals surface area contributed by atoms with Gasteiger partial charge in [-0.15, -0.1) is 0 Å². The van der Waals surface area contributed by atoms with E-state index in [1.165, 1.54) is 6.07 Å². The first-order valence-electron chi connectivity index (χ1n) is 5.03. The van der Waals surface area contributed by atoms with Crippen molar-refractivity contribution in [1.29, 1.82) is 0 Å². The fourth-order valence-corrected chi connectivity index (χ4v) is 1.79. The Bertz CT molecular complexity index is 491. The molecule has 0 atom stereocenters. The molecule has 5 nitrogen and oxygen atoms in total. The number of nitrogens with zero attached hydrogens (tertiary/aromatic N) is 4. The zero-order valence-corrected chi connectivity index (χ0v) is 10.2. The van der Waals surface area contributed by atoms with Crippen LogP contribution < -0.4 is 9.64 Å². The molecule has 0 saturated carbocycles. The Kier molecular flexibility index (Phi) is 3.48. The molecule has 2 aromatic rings. The molecule has 1 aromatic carbocycles. The maximum atomic E-state index is 13.6. The lowest BCUT2D eigenvalue weighted by Crippen LogP contribution is -2.09. The predicted molar refractivity (Wildman–Crippen MR) is 63.3 cm³/mol. The summed E-state index contributed by atoms with van der Waals surface area (Å²) >= 11 is 1.15. The third kappa shape index (κ3) is 2.50. The second-order valence-electron chi connectivity index (χ2n) is 3.25. The second-order valence-corrected chi connectivity index (χ2v) is 3.96. The van der Waals surface area contributed by atoms with Crippen molar-refractivity contribution in [3.8, 4) is 5.75 Å². The molecule has 0 N–H and O–H groups in total. The highest BCUT2D eigenvalue weighted by molar-refractivity contribution is 7.09. The number of aromatic nitrogens is 3. The van der Waals surface area contributed by atoms with Gasteiger partial charge in [0.15, 0.2) is 11.6 Å². The summed E-state index contributed by atoms with van der Waals surface area (Å²) in [6.45, 7) is 2.25. The van der Waals surface area contributed by atoms with Gasteiger partial charge in [-0.1, -0.05) is 9.59 Å². The Balaban J connectivity index is 2.25. The van der Waals surface area contributed by atoms with Crippen LogP contribution in [0.1, 0.15) is 6.92 Å². The number of benzene rings is 1. The maximum Gasteiger partial charge on any atom is 0.232 e. The summed E-state index contributed by atoms with van der Waals surface area (Å²) in [5.41, 5.74) is 0.671. The molecule has 90 valence electrons. The molecule has 7 heteroatoms. The number of halogens is 1. The second kappa shape index (κ2) is 5.05. The van der Waals surface area contributed by atoms with Crippen molar-refractivity contribution in [2.75, 3.05) is 18.6 Å². The van der Waals surface area contributed by atoms with Gasteiger partial charge in [-0.3, -0.25) is 0 Å². The highest BCUT2D eigenvalue weighted by atomic mass is 32.1. The molecule has 0 aliphatic rings. The average molecular weight is 254 g/mol. The van der Waals surface area contributed by atoms with Crippen LogP contribution in [-0.4, -0.2) is 28.5 Å². The van der Waals surface area contributed by atoms with Crippen LogP contribution in [0.3, 0.4) is 0 Å². The summed E-state index contributed by atoms with van der Waals surface area (Å²) in [6.07, 6.45) is 0. The van der Waals surface area contributed by atoms with Crippen molar-refractivity contribution >= 4 is 22.4 Å². The first kappa shape index (κ1) is 11.7. The minimum Gasteiger partial charge on any atom is -0.491 e. The largest absolute Gasteiger partial charge is 0.491 e. The Morgan fingerprint density at radius 2 is 2.29 bits per heavy atom. The van der Waals surface area contributed by atoms with Crippen LogP contribution in [0, 0.1) is 5.82 Å². The van der Waals surface area contributed by atoms with Crippen LogP contribution in [0.5, 0.6) is 5.75 Å². The smallest absolute Gasteiger partial charge is 0.232 e. The predicted octanol–water partition coefficient (Wildman–Crippen LogP) is 2.24. The fourth-order valence-electron chi connectivity index (χ4n) is 1.34. The molecular weight excluding hydrogens is 243 g/mol. The minimum absolute atomic E-state index is 0.250. The van der Waals surface area contributed by atoms with E-state index in [-0.39, 0.29) is 5.75 Å². The van der Waals surface area contributed by atoms with Crippen molar-refractivity contribution in [2.24, 2.45) is 0 Å². The highest BCUT2D eigenvalue weighted by Gasteiger charge is 2.11. The SMILES string of the molecule is CCOc1ccc(N(C)c2nnns2)cc1F. The van der Waals surface area contributed by atoms with Crippen LogP contribution in [-0.2, 0) is 0 Å². The standard InChI is InChI=1S/C10H11FN4OS/c1-3-16-9-5-4-7(6-8(9)11)15(2)10-12-13-14-17-10/h4-6H,3H2,1-2H3. The van der Waals surface area contributed by atoms with Gasteiger partial charge in [0.05, 0.1) is 6.61 Å². The lowest BCUT2D eigenvalue weighted by atomic mass is 10.3. The minimum atomic E-state index is -0.395. The van der Waals surface area contributed by atoms with Gasteiger partial charge in [0.25, 0.3) is 0 Å². The summed E-state index contributed by atoms with van der Waals surface area (Å²) in [7, 11) is 1.78. The molecule has 0 saturated heterocycles. The van der Waals surface area contributed by atoms with Crippen molar-refractivity contribution in [1.82, 2.24) is 14.8 Å². The molecule has 0 spiro atoms. The van der Waals surface area contributed by atoms with Crippen LogP contribution >= 0.6 is 11.5 Å². The van der Waals surface area contributed by atoms with E-state index in [4.69, 9.17) is 4.74 Å². The van der Waals surface area contributed by atoms with E-state index >= 15 is 0 Å². The molecule has 0 unspecified atom stereocenters. The first-order chi connectivity index (χ1) is 8.22. The normalized spacial score (nSPS) is 10.3. The summed E-state index contributed by atoms with van der Waals surface area (Å²) < 4.78 is 22.4. The van der Waals surface area contributed by atoms with E-state index in [1.54, 1.807) is 24.1 Å². The van der Waals surface area contributed by atoms with Crippen molar-refractivity contribution in [2.45, 2.75) is 6.92 Å². The number of rotatable bonds is 4. The lowest BCUT2D eigenvalue weighted by Gasteiger charge is -2.15. The van der Waals surface area contributed by atoms with Crippen LogP contribution in [0.25, 0.3) is 0 Å². The van der Waals surface area contributed by atoms with Gasteiger partial charge in [0.2, 0.25) is 5.13 Å². The number of anilines is 2. The average Bonchev–Trinajstić information content (AvgIpc) is 2.84. The van der Waals surface area contributed by atoms with Gasteiger partial charge >= 0.3 is 0 Å². The van der Waals surface area contributed by atoms with Gasteiger partial charge in [-0.05, 0) is 24.3 Å². The molecule has 0 aliphatic carbocycles. The Labute approximate surface area is 102 Å². The van der Waals surface area contributed by atoms with E-state index in [1.807, 2.05) is 6.92 Å². The van der Waals surface area contributed by atoms with Gasteiger partial charge < -0.3 is 9.64 Å². The van der Waals surface area contributed by atoms with Gasteiger partial charge in [0, 0.05) is 30.3 Å². The molecule has 1 heterocycles. The monoisotopic (exact) mass is 254 g/mol. The van der Waals surface area contributed by atoms with E-state index in [9.17, 15) is 4.39 Å². The topological polar surface area (TPSA) is 51.1 Å². The van der Waals surface area contributed by atoms with E-state index in [0.29, 0.717) is 17.4 Å². The van der Waals surface area contributed by atoms with E-state index in [2.05, 4.69) is 14.8 Å². The number of ether oxygens (including phenoxy) is 1. The fraction of sp³-hybridized carbons (Fsp3) is 0.300. The summed E-state index contributed by atoms with van der Waals surface area (Å²) in [6, 6.07) is 4.75. The number of hydrogen-bond donors (Lipinski definition) is 0. The van der Waals surface area contributed by atoms with Crippen LogP contribution in [0.4, 0.5) is 15.2 Å². The summed E-state index contributed by atoms with van der Waals surface area (Å²) in [5.74, 6) is -0.145. The van der Waals surface area contributed by atoms with Gasteiger partial charge in [-0.2, -0.15) is 0 Å². The van der Waals surface area contributed by atoms with Crippen LogP contribution in [0.2, 0.25) is 0 Å². The molecule has 0 radical (unpaired) electrons. The third-order valence-corrected chi connectivity index (χ3v) is 2.85. The van der Waals surface area contributed by atoms with Crippen molar-refractivity contribution in [3.63, 3.8) is 0 Å². The van der Waals surface area contributed by atoms with Gasteiger partial charge in [-0.25, -0.2) is 4.39 Å². The molecule has 0 fully saturated rings. The first-order valence-corrected chi connectivity index (χ1v) is 5.81. The molecule has 1 aromatic heterocycles. The van der Waals surface area contributed by atoms with Crippen molar-refractivity contribution < 1.29 is 9.13 Å². The van der Waals surface area contributed by atoms with Crippen molar-refractivity contribution in [3.05, 3.63) is 24.0 Å². The molecule has 2 rings (SSSR count). The summed E-state index contributed by atoms with van der Waals surface area (Å²) in [4.78, 5) is 1.71. The van der Waals surface area contributed by atoms with Crippen LogP contribution in [0.15, 0.2) is 18.2 Å². The van der Waals surface area contributed by atoms with Gasteiger partial charge in [0.1, 0.15) is 0 Å². The number of hydrogen-bond acceptors (Lipinski definition) is 6. The quantitative estimate of drug-likeness (QED) is 0.837. The molecule has 0 aliphatic heterocycles. The Morgan fingerprint density at radius 1 is 1.47 bits per heavy atom. The zero-order valence-electron chi connectivity index (χ0n) is 9.42. The molecule has 0 amide bonds. The zero-order chi connectivity index (χ0) is 12.3. The Hall–Kier alpha value is -1.76. The third-order valence-electron chi connectivity index (χ3n) is 2.18.